The van der Waals surface area contributed by atoms with Crippen molar-refractivity contribution in [2.75, 3.05) is 18.0 Å². The Labute approximate surface area is 148 Å². The fraction of sp³-hybridized carbons (Fsp3) is 0.450. The Morgan fingerprint density at radius 1 is 1.08 bits per heavy atom. The van der Waals surface area contributed by atoms with E-state index in [9.17, 15) is 4.79 Å². The van der Waals surface area contributed by atoms with Crippen molar-refractivity contribution in [2.24, 2.45) is 0 Å². The third-order valence-electron chi connectivity index (χ3n) is 5.18. The summed E-state index contributed by atoms with van der Waals surface area (Å²) in [7, 11) is 0. The molecule has 1 amide bonds. The van der Waals surface area contributed by atoms with Gasteiger partial charge in [-0.1, -0.05) is 31.0 Å². The predicted octanol–water partition coefficient (Wildman–Crippen LogP) is 3.58. The van der Waals surface area contributed by atoms with Gasteiger partial charge in [0.05, 0.1) is 0 Å². The molecule has 130 valence electrons. The summed E-state index contributed by atoms with van der Waals surface area (Å²) in [4.78, 5) is 26.1. The second kappa shape index (κ2) is 6.82. The van der Waals surface area contributed by atoms with E-state index in [0.29, 0.717) is 17.7 Å². The van der Waals surface area contributed by atoms with Crippen LogP contribution in [0.15, 0.2) is 36.5 Å². The summed E-state index contributed by atoms with van der Waals surface area (Å²) in [6.07, 6.45) is 7.27. The Hall–Kier alpha value is -2.43. The fourth-order valence-electron chi connectivity index (χ4n) is 3.89. The van der Waals surface area contributed by atoms with E-state index in [4.69, 9.17) is 0 Å². The highest BCUT2D eigenvalue weighted by Crippen LogP contribution is 2.36. The molecule has 1 saturated heterocycles. The standard InChI is InChI=1S/C20H24N4O/c1-15-14-16-8-4-5-9-18(16)24(15)20-21-11-10-17(22-20)19(25)23-12-6-2-3-7-13-23/h4-5,8-11,15H,2-3,6-7,12-14H2,1H3. The zero-order valence-corrected chi connectivity index (χ0v) is 14.7. The number of rotatable bonds is 2. The smallest absolute Gasteiger partial charge is 0.272 e. The number of hydrogen-bond donors (Lipinski definition) is 0. The maximum absolute atomic E-state index is 12.9. The molecule has 0 radical (unpaired) electrons. The summed E-state index contributed by atoms with van der Waals surface area (Å²) in [6.45, 7) is 3.84. The van der Waals surface area contributed by atoms with Gasteiger partial charge in [-0.2, -0.15) is 0 Å². The first-order valence-electron chi connectivity index (χ1n) is 9.23. The van der Waals surface area contributed by atoms with E-state index in [0.717, 1.165) is 38.0 Å². The van der Waals surface area contributed by atoms with Gasteiger partial charge in [-0.3, -0.25) is 4.79 Å². The summed E-state index contributed by atoms with van der Waals surface area (Å²) in [5, 5.41) is 0. The molecular formula is C20H24N4O. The Balaban J connectivity index is 1.62. The molecule has 0 saturated carbocycles. The van der Waals surface area contributed by atoms with Crippen molar-refractivity contribution in [2.45, 2.75) is 45.1 Å². The van der Waals surface area contributed by atoms with Crippen LogP contribution in [-0.2, 0) is 6.42 Å². The predicted molar refractivity (Wildman–Crippen MR) is 98.2 cm³/mol. The molecule has 1 atom stereocenters. The number of carbonyl (C=O) groups excluding carboxylic acids is 1. The normalized spacial score (nSPS) is 20.3. The van der Waals surface area contributed by atoms with Crippen molar-refractivity contribution in [1.29, 1.82) is 0 Å². The van der Waals surface area contributed by atoms with E-state index in [1.807, 2.05) is 11.0 Å². The Morgan fingerprint density at radius 2 is 1.84 bits per heavy atom. The number of para-hydroxylation sites is 1. The fourth-order valence-corrected chi connectivity index (χ4v) is 3.89. The van der Waals surface area contributed by atoms with Gasteiger partial charge in [0, 0.05) is 31.0 Å². The highest BCUT2D eigenvalue weighted by molar-refractivity contribution is 5.92. The number of nitrogens with zero attached hydrogens (tertiary/aromatic N) is 4. The van der Waals surface area contributed by atoms with Gasteiger partial charge in [0.15, 0.2) is 0 Å². The first-order valence-corrected chi connectivity index (χ1v) is 9.23. The minimum Gasteiger partial charge on any atom is -0.337 e. The van der Waals surface area contributed by atoms with Crippen LogP contribution in [0.4, 0.5) is 11.6 Å². The first-order chi connectivity index (χ1) is 12.2. The van der Waals surface area contributed by atoms with Crippen LogP contribution in [0.1, 0.15) is 48.7 Å². The third-order valence-corrected chi connectivity index (χ3v) is 5.18. The van der Waals surface area contributed by atoms with E-state index >= 15 is 0 Å². The number of aromatic nitrogens is 2. The molecule has 25 heavy (non-hydrogen) atoms. The molecule has 4 rings (SSSR count). The Morgan fingerprint density at radius 3 is 2.64 bits per heavy atom. The van der Waals surface area contributed by atoms with Crippen LogP contribution in [0.25, 0.3) is 0 Å². The molecule has 2 aliphatic heterocycles. The van der Waals surface area contributed by atoms with Crippen molar-refractivity contribution in [3.05, 3.63) is 47.8 Å². The van der Waals surface area contributed by atoms with Crippen LogP contribution >= 0.6 is 0 Å². The number of likely N-dealkylation sites (tertiary alicyclic amines) is 1. The monoisotopic (exact) mass is 336 g/mol. The van der Waals surface area contributed by atoms with Gasteiger partial charge in [0.25, 0.3) is 5.91 Å². The maximum Gasteiger partial charge on any atom is 0.272 e. The highest BCUT2D eigenvalue weighted by atomic mass is 16.2. The van der Waals surface area contributed by atoms with Crippen molar-refractivity contribution < 1.29 is 4.79 Å². The summed E-state index contributed by atoms with van der Waals surface area (Å²) in [5.41, 5.74) is 2.96. The summed E-state index contributed by atoms with van der Waals surface area (Å²) >= 11 is 0. The quantitative estimate of drug-likeness (QED) is 0.841. The van der Waals surface area contributed by atoms with Crippen LogP contribution in [0, 0.1) is 0 Å². The lowest BCUT2D eigenvalue weighted by Crippen LogP contribution is -2.33. The molecule has 0 bridgehead atoms. The second-order valence-electron chi connectivity index (χ2n) is 7.00. The molecule has 0 N–H and O–H groups in total. The van der Waals surface area contributed by atoms with E-state index in [1.54, 1.807) is 12.3 Å². The first kappa shape index (κ1) is 16.1. The van der Waals surface area contributed by atoms with Crippen LogP contribution < -0.4 is 4.90 Å². The van der Waals surface area contributed by atoms with E-state index in [-0.39, 0.29) is 5.91 Å². The van der Waals surface area contributed by atoms with Gasteiger partial charge < -0.3 is 9.80 Å². The molecule has 0 aliphatic carbocycles. The van der Waals surface area contributed by atoms with E-state index in [1.165, 1.54) is 18.4 Å². The Bertz CT molecular complexity index is 768. The van der Waals surface area contributed by atoms with Crippen molar-refractivity contribution in [1.82, 2.24) is 14.9 Å². The van der Waals surface area contributed by atoms with Gasteiger partial charge in [-0.05, 0) is 43.9 Å². The summed E-state index contributed by atoms with van der Waals surface area (Å²) < 4.78 is 0. The molecule has 1 fully saturated rings. The number of hydrogen-bond acceptors (Lipinski definition) is 4. The molecule has 3 heterocycles. The molecule has 5 nitrogen and oxygen atoms in total. The molecule has 0 spiro atoms. The summed E-state index contributed by atoms with van der Waals surface area (Å²) in [5.74, 6) is 0.656. The van der Waals surface area contributed by atoms with E-state index in [2.05, 4.69) is 40.0 Å². The number of anilines is 2. The Kier molecular flexibility index (Phi) is 4.38. The second-order valence-corrected chi connectivity index (χ2v) is 7.00. The average molecular weight is 336 g/mol. The number of carbonyl (C=O) groups is 1. The van der Waals surface area contributed by atoms with Gasteiger partial charge in [0.1, 0.15) is 5.69 Å². The zero-order valence-electron chi connectivity index (χ0n) is 14.7. The van der Waals surface area contributed by atoms with Crippen LogP contribution in [-0.4, -0.2) is 39.9 Å². The molecular weight excluding hydrogens is 312 g/mol. The zero-order chi connectivity index (χ0) is 17.2. The molecule has 2 aromatic rings. The van der Waals surface area contributed by atoms with Gasteiger partial charge in [-0.15, -0.1) is 0 Å². The molecule has 5 heteroatoms. The lowest BCUT2D eigenvalue weighted by molar-refractivity contribution is 0.0755. The third kappa shape index (κ3) is 3.11. The van der Waals surface area contributed by atoms with Gasteiger partial charge >= 0.3 is 0 Å². The molecule has 1 aromatic carbocycles. The molecule has 1 unspecified atom stereocenters. The highest BCUT2D eigenvalue weighted by Gasteiger charge is 2.29. The maximum atomic E-state index is 12.9. The number of amides is 1. The van der Waals surface area contributed by atoms with Gasteiger partial charge in [0.2, 0.25) is 5.95 Å². The largest absolute Gasteiger partial charge is 0.337 e. The summed E-state index contributed by atoms with van der Waals surface area (Å²) in [6, 6.07) is 10.4. The molecule has 1 aromatic heterocycles. The van der Waals surface area contributed by atoms with Crippen molar-refractivity contribution in [3.63, 3.8) is 0 Å². The lowest BCUT2D eigenvalue weighted by atomic mass is 10.1. The van der Waals surface area contributed by atoms with Crippen molar-refractivity contribution in [3.8, 4) is 0 Å². The number of benzene rings is 1. The SMILES string of the molecule is CC1Cc2ccccc2N1c1nccc(C(=O)N2CCCCCC2)n1. The average Bonchev–Trinajstić information content (AvgIpc) is 2.80. The van der Waals surface area contributed by atoms with Crippen molar-refractivity contribution >= 4 is 17.5 Å². The minimum absolute atomic E-state index is 0.0330. The lowest BCUT2D eigenvalue weighted by Gasteiger charge is -2.24. The van der Waals surface area contributed by atoms with Crippen LogP contribution in [0.5, 0.6) is 0 Å². The van der Waals surface area contributed by atoms with Crippen LogP contribution in [0.2, 0.25) is 0 Å². The van der Waals surface area contributed by atoms with Crippen LogP contribution in [0.3, 0.4) is 0 Å². The van der Waals surface area contributed by atoms with Gasteiger partial charge in [-0.25, -0.2) is 9.97 Å². The topological polar surface area (TPSA) is 49.3 Å². The number of fused-ring (bicyclic) bond motifs is 1. The minimum atomic E-state index is 0.0330. The van der Waals surface area contributed by atoms with E-state index < -0.39 is 0 Å². The molecule has 2 aliphatic rings.